The molecule has 0 saturated carbocycles. The molecule has 4 aromatic rings. The molecule has 0 saturated heterocycles. The standard InChI is InChI=1S/C24H20N6/c1-2-7-18(8-6-14-25-13-5-1)15-24-28-27-23-12-11-22(29-30(23)24)20-16-19-9-3-4-10-21(19)26-17-20/h1,3-13,16-17H,2,14-15H2/b5-1-,8-6-,18-7+,25-13-. The molecule has 0 unspecified atom stereocenters. The summed E-state index contributed by atoms with van der Waals surface area (Å²) < 4.78 is 1.83. The molecule has 1 aromatic carbocycles. The molecule has 6 heteroatoms. The van der Waals surface area contributed by atoms with Gasteiger partial charge in [-0.15, -0.1) is 10.2 Å². The zero-order valence-corrected chi connectivity index (χ0v) is 16.4. The van der Waals surface area contributed by atoms with Crippen LogP contribution in [-0.2, 0) is 6.42 Å². The maximum atomic E-state index is 4.82. The highest BCUT2D eigenvalue weighted by molar-refractivity contribution is 5.82. The third kappa shape index (κ3) is 3.80. The van der Waals surface area contributed by atoms with Crippen molar-refractivity contribution in [2.75, 3.05) is 6.54 Å². The summed E-state index contributed by atoms with van der Waals surface area (Å²) in [5.74, 6) is 0.807. The third-order valence-electron chi connectivity index (χ3n) is 4.96. The molecule has 0 spiro atoms. The molecular weight excluding hydrogens is 372 g/mol. The van der Waals surface area contributed by atoms with Gasteiger partial charge < -0.3 is 0 Å². The Hall–Kier alpha value is -3.93. The van der Waals surface area contributed by atoms with Gasteiger partial charge in [0.1, 0.15) is 0 Å². The lowest BCUT2D eigenvalue weighted by molar-refractivity contribution is 0.839. The largest absolute Gasteiger partial charge is 0.289 e. The van der Waals surface area contributed by atoms with E-state index < -0.39 is 0 Å². The van der Waals surface area contributed by atoms with Gasteiger partial charge in [-0.3, -0.25) is 9.98 Å². The Bertz CT molecular complexity index is 1330. The van der Waals surface area contributed by atoms with Crippen LogP contribution in [0.3, 0.4) is 0 Å². The van der Waals surface area contributed by atoms with Gasteiger partial charge in [0.25, 0.3) is 0 Å². The van der Waals surface area contributed by atoms with Crippen molar-refractivity contribution in [2.24, 2.45) is 4.99 Å². The van der Waals surface area contributed by atoms with E-state index in [-0.39, 0.29) is 0 Å². The minimum absolute atomic E-state index is 0.654. The van der Waals surface area contributed by atoms with Crippen molar-refractivity contribution in [3.8, 4) is 11.3 Å². The number of benzene rings is 1. The summed E-state index contributed by atoms with van der Waals surface area (Å²) in [7, 11) is 0. The van der Waals surface area contributed by atoms with Crippen LogP contribution >= 0.6 is 0 Å². The van der Waals surface area contributed by atoms with Gasteiger partial charge in [0.2, 0.25) is 0 Å². The Kier molecular flexibility index (Phi) is 4.96. The van der Waals surface area contributed by atoms with Crippen LogP contribution in [0.5, 0.6) is 0 Å². The van der Waals surface area contributed by atoms with Crippen LogP contribution in [0.25, 0.3) is 27.8 Å². The number of rotatable bonds is 3. The molecule has 6 nitrogen and oxygen atoms in total. The molecule has 0 atom stereocenters. The van der Waals surface area contributed by atoms with Crippen LogP contribution < -0.4 is 0 Å². The summed E-state index contributed by atoms with van der Waals surface area (Å²) in [6.45, 7) is 0.666. The normalized spacial score (nSPS) is 19.3. The second-order valence-electron chi connectivity index (χ2n) is 7.06. The van der Waals surface area contributed by atoms with Gasteiger partial charge in [0.05, 0.1) is 17.8 Å². The highest BCUT2D eigenvalue weighted by Crippen LogP contribution is 2.22. The smallest absolute Gasteiger partial charge is 0.177 e. The fourth-order valence-electron chi connectivity index (χ4n) is 3.44. The molecule has 5 rings (SSSR count). The van der Waals surface area contributed by atoms with Gasteiger partial charge in [-0.05, 0) is 42.3 Å². The van der Waals surface area contributed by atoms with Crippen molar-refractivity contribution in [3.63, 3.8) is 0 Å². The molecule has 0 bridgehead atoms. The number of aromatic nitrogens is 5. The summed E-state index contributed by atoms with van der Waals surface area (Å²) in [6, 6.07) is 14.1. The fourth-order valence-corrected chi connectivity index (χ4v) is 3.44. The maximum absolute atomic E-state index is 4.82. The molecule has 1 aliphatic rings. The van der Waals surface area contributed by atoms with E-state index in [9.17, 15) is 0 Å². The lowest BCUT2D eigenvalue weighted by Gasteiger charge is -2.05. The van der Waals surface area contributed by atoms with Crippen molar-refractivity contribution in [1.82, 2.24) is 24.8 Å². The number of hydrogen-bond donors (Lipinski definition) is 0. The molecule has 146 valence electrons. The molecular formula is C24H20N6. The van der Waals surface area contributed by atoms with Gasteiger partial charge in [-0.25, -0.2) is 0 Å². The highest BCUT2D eigenvalue weighted by atomic mass is 15.4. The van der Waals surface area contributed by atoms with Crippen LogP contribution in [0.1, 0.15) is 12.2 Å². The van der Waals surface area contributed by atoms with Gasteiger partial charge in [0.15, 0.2) is 11.5 Å². The van der Waals surface area contributed by atoms with Gasteiger partial charge in [-0.2, -0.15) is 9.61 Å². The average Bonchev–Trinajstić information content (AvgIpc) is 3.20. The summed E-state index contributed by atoms with van der Waals surface area (Å²) in [6.07, 6.45) is 15.6. The molecule has 0 fully saturated rings. The average molecular weight is 392 g/mol. The molecule has 0 N–H and O–H groups in total. The van der Waals surface area contributed by atoms with Crippen molar-refractivity contribution < 1.29 is 0 Å². The minimum atomic E-state index is 0.654. The molecule has 0 radical (unpaired) electrons. The zero-order chi connectivity index (χ0) is 20.2. The quantitative estimate of drug-likeness (QED) is 0.518. The second-order valence-corrected chi connectivity index (χ2v) is 7.06. The van der Waals surface area contributed by atoms with Gasteiger partial charge >= 0.3 is 0 Å². The van der Waals surface area contributed by atoms with Crippen molar-refractivity contribution in [1.29, 1.82) is 0 Å². The number of allylic oxidation sites excluding steroid dienone is 5. The first kappa shape index (κ1) is 18.1. The van der Waals surface area contributed by atoms with Crippen molar-refractivity contribution in [2.45, 2.75) is 12.8 Å². The van der Waals surface area contributed by atoms with Gasteiger partial charge in [0, 0.05) is 29.8 Å². The Morgan fingerprint density at radius 3 is 2.97 bits per heavy atom. The Morgan fingerprint density at radius 2 is 1.97 bits per heavy atom. The lowest BCUT2D eigenvalue weighted by Crippen LogP contribution is -2.02. The van der Waals surface area contributed by atoms with E-state index in [1.54, 1.807) is 0 Å². The summed E-state index contributed by atoms with van der Waals surface area (Å²) >= 11 is 0. The summed E-state index contributed by atoms with van der Waals surface area (Å²) in [5.41, 5.74) is 4.69. The van der Waals surface area contributed by atoms with E-state index in [0.717, 1.165) is 40.1 Å². The van der Waals surface area contributed by atoms with E-state index in [1.807, 2.05) is 53.3 Å². The third-order valence-corrected chi connectivity index (χ3v) is 4.96. The van der Waals surface area contributed by atoms with Crippen molar-refractivity contribution in [3.05, 3.63) is 90.4 Å². The van der Waals surface area contributed by atoms with Crippen LogP contribution in [0, 0.1) is 0 Å². The fraction of sp³-hybridized carbons (Fsp3) is 0.125. The Labute approximate surface area is 174 Å². The molecule has 0 aliphatic carbocycles. The molecule has 4 heterocycles. The summed E-state index contributed by atoms with van der Waals surface area (Å²) in [4.78, 5) is 8.86. The topological polar surface area (TPSA) is 68.3 Å². The van der Waals surface area contributed by atoms with Crippen LogP contribution in [0.4, 0.5) is 0 Å². The maximum Gasteiger partial charge on any atom is 0.177 e. The van der Waals surface area contributed by atoms with E-state index in [1.165, 1.54) is 5.57 Å². The van der Waals surface area contributed by atoms with E-state index in [4.69, 9.17) is 5.10 Å². The molecule has 3 aromatic heterocycles. The lowest BCUT2D eigenvalue weighted by atomic mass is 10.1. The van der Waals surface area contributed by atoms with E-state index in [0.29, 0.717) is 13.0 Å². The molecule has 0 amide bonds. The number of aliphatic imine (C=N–C) groups is 1. The predicted octanol–water partition coefficient (Wildman–Crippen LogP) is 4.40. The van der Waals surface area contributed by atoms with Crippen LogP contribution in [0.2, 0.25) is 0 Å². The first-order valence-corrected chi connectivity index (χ1v) is 9.94. The minimum Gasteiger partial charge on any atom is -0.289 e. The monoisotopic (exact) mass is 392 g/mol. The number of pyridine rings is 1. The number of para-hydroxylation sites is 1. The molecule has 30 heavy (non-hydrogen) atoms. The first-order chi connectivity index (χ1) is 14.9. The second kappa shape index (κ2) is 8.21. The van der Waals surface area contributed by atoms with E-state index in [2.05, 4.69) is 56.6 Å². The van der Waals surface area contributed by atoms with Crippen LogP contribution in [0.15, 0.2) is 89.6 Å². The molecule has 1 aliphatic heterocycles. The highest BCUT2D eigenvalue weighted by Gasteiger charge is 2.11. The Balaban J connectivity index is 1.49. The zero-order valence-electron chi connectivity index (χ0n) is 16.4. The predicted molar refractivity (Wildman–Crippen MR) is 120 cm³/mol. The number of fused-ring (bicyclic) bond motifs is 2. The SMILES string of the molecule is C1=C\C/C=C(Cc2nnc3ccc(-c4cnc5ccccc5c4)nn23)\C=C/C\N=C/1. The Morgan fingerprint density at radius 1 is 1.00 bits per heavy atom. The van der Waals surface area contributed by atoms with Gasteiger partial charge in [-0.1, -0.05) is 42.5 Å². The number of nitrogens with zero attached hydrogens (tertiary/aromatic N) is 6. The number of hydrogen-bond acceptors (Lipinski definition) is 5. The first-order valence-electron chi connectivity index (χ1n) is 9.94. The van der Waals surface area contributed by atoms with Crippen molar-refractivity contribution >= 4 is 22.8 Å². The van der Waals surface area contributed by atoms with E-state index >= 15 is 0 Å². The summed E-state index contributed by atoms with van der Waals surface area (Å²) in [5, 5.41) is 14.6. The van der Waals surface area contributed by atoms with Crippen LogP contribution in [-0.4, -0.2) is 37.6 Å².